The van der Waals surface area contributed by atoms with Crippen LogP contribution in [0.1, 0.15) is 21.6 Å². The average molecular weight is 485 g/mol. The van der Waals surface area contributed by atoms with E-state index < -0.39 is 11.7 Å². The number of aliphatic hydroxyl groups is 1. The van der Waals surface area contributed by atoms with Gasteiger partial charge in [0.1, 0.15) is 5.69 Å². The van der Waals surface area contributed by atoms with Gasteiger partial charge in [0.05, 0.1) is 18.4 Å². The van der Waals surface area contributed by atoms with Crippen molar-refractivity contribution in [3.63, 3.8) is 0 Å². The van der Waals surface area contributed by atoms with Crippen molar-refractivity contribution in [3.8, 4) is 0 Å². The summed E-state index contributed by atoms with van der Waals surface area (Å²) in [5.74, 6) is 0.471. The third-order valence-corrected chi connectivity index (χ3v) is 5.99. The van der Waals surface area contributed by atoms with Gasteiger partial charge in [0.15, 0.2) is 11.6 Å². The van der Waals surface area contributed by atoms with Crippen LogP contribution in [-0.2, 0) is 12.7 Å². The molecule has 1 aromatic heterocycles. The van der Waals surface area contributed by atoms with E-state index in [0.717, 1.165) is 6.07 Å². The Hall–Kier alpha value is -2.63. The van der Waals surface area contributed by atoms with Gasteiger partial charge >= 0.3 is 6.18 Å². The summed E-state index contributed by atoms with van der Waals surface area (Å²) in [6.07, 6.45) is -3.13. The van der Waals surface area contributed by atoms with E-state index >= 15 is 0 Å². The highest BCUT2D eigenvalue weighted by atomic mass is 35.5. The second-order valence-corrected chi connectivity index (χ2v) is 8.37. The zero-order valence-corrected chi connectivity index (χ0v) is 18.5. The lowest BCUT2D eigenvalue weighted by molar-refractivity contribution is -0.138. The predicted octanol–water partition coefficient (Wildman–Crippen LogP) is 2.33. The molecule has 0 saturated carbocycles. The zero-order chi connectivity index (χ0) is 23.6. The molecule has 1 aromatic carbocycles. The molecule has 4 rings (SSSR count). The maximum absolute atomic E-state index is 13.5. The highest BCUT2D eigenvalue weighted by Gasteiger charge is 2.34. The van der Waals surface area contributed by atoms with E-state index in [0.29, 0.717) is 57.4 Å². The molecule has 2 aliphatic rings. The molecule has 178 valence electrons. The van der Waals surface area contributed by atoms with Gasteiger partial charge in [-0.2, -0.15) is 13.2 Å². The van der Waals surface area contributed by atoms with Gasteiger partial charge in [-0.1, -0.05) is 11.6 Å². The number of hydrogen-bond donors (Lipinski definition) is 2. The molecule has 0 radical (unpaired) electrons. The molecule has 1 saturated heterocycles. The minimum atomic E-state index is -4.52. The zero-order valence-electron chi connectivity index (χ0n) is 17.8. The fourth-order valence-corrected chi connectivity index (χ4v) is 4.24. The van der Waals surface area contributed by atoms with Gasteiger partial charge in [-0.15, -0.1) is 0 Å². The first kappa shape index (κ1) is 23.5. The van der Waals surface area contributed by atoms with E-state index in [2.05, 4.69) is 20.2 Å². The Labute approximate surface area is 194 Å². The number of amides is 1. The predicted molar refractivity (Wildman–Crippen MR) is 117 cm³/mol. The number of carbonyl (C=O) groups is 1. The van der Waals surface area contributed by atoms with E-state index in [1.165, 1.54) is 18.3 Å². The summed E-state index contributed by atoms with van der Waals surface area (Å²) in [6.45, 7) is 3.71. The van der Waals surface area contributed by atoms with Gasteiger partial charge in [-0.3, -0.25) is 9.69 Å². The Morgan fingerprint density at radius 2 is 1.94 bits per heavy atom. The molecule has 0 aliphatic carbocycles. The van der Waals surface area contributed by atoms with Crippen molar-refractivity contribution in [3.05, 3.63) is 46.2 Å². The van der Waals surface area contributed by atoms with E-state index in [9.17, 15) is 18.0 Å². The van der Waals surface area contributed by atoms with Crippen LogP contribution in [-0.4, -0.2) is 83.2 Å². The van der Waals surface area contributed by atoms with Crippen LogP contribution < -0.4 is 10.2 Å². The Morgan fingerprint density at radius 1 is 1.18 bits per heavy atom. The van der Waals surface area contributed by atoms with Crippen molar-refractivity contribution in [2.24, 2.45) is 0 Å². The lowest BCUT2D eigenvalue weighted by atomic mass is 10.1. The topological polar surface area (TPSA) is 84.8 Å². The van der Waals surface area contributed by atoms with Crippen molar-refractivity contribution >= 4 is 29.1 Å². The van der Waals surface area contributed by atoms with Crippen molar-refractivity contribution in [1.82, 2.24) is 19.8 Å². The summed E-state index contributed by atoms with van der Waals surface area (Å²) in [4.78, 5) is 27.2. The molecule has 2 aromatic rings. The highest BCUT2D eigenvalue weighted by molar-refractivity contribution is 6.30. The quantitative estimate of drug-likeness (QED) is 0.673. The monoisotopic (exact) mass is 484 g/mol. The number of β-amino-alcohol motifs (C(OH)–C–C–N with tert-alkyl or cyclic N) is 1. The molecular weight excluding hydrogens is 461 g/mol. The molecule has 3 heterocycles. The van der Waals surface area contributed by atoms with Gasteiger partial charge in [0, 0.05) is 57.4 Å². The largest absolute Gasteiger partial charge is 0.416 e. The molecule has 2 N–H and O–H groups in total. The SMILES string of the molecule is O=C(c1cnc2c(n1)N(Cc1cc(Cl)ccc1C(F)(F)F)CCN2)N1CCN(CCO)CC1. The maximum Gasteiger partial charge on any atom is 0.416 e. The fraction of sp³-hybridized carbons (Fsp3) is 0.476. The Morgan fingerprint density at radius 3 is 2.64 bits per heavy atom. The number of aromatic nitrogens is 2. The van der Waals surface area contributed by atoms with E-state index in [4.69, 9.17) is 16.7 Å². The molecule has 2 aliphatic heterocycles. The number of piperazine rings is 1. The van der Waals surface area contributed by atoms with Crippen LogP contribution in [0.25, 0.3) is 0 Å². The summed E-state index contributed by atoms with van der Waals surface area (Å²) in [7, 11) is 0. The average Bonchev–Trinajstić information content (AvgIpc) is 2.78. The van der Waals surface area contributed by atoms with Crippen molar-refractivity contribution < 1.29 is 23.1 Å². The van der Waals surface area contributed by atoms with Crippen LogP contribution in [0.2, 0.25) is 5.02 Å². The number of carbonyl (C=O) groups excluding carboxylic acids is 1. The molecule has 0 spiro atoms. The number of nitrogens with zero attached hydrogens (tertiary/aromatic N) is 5. The molecule has 33 heavy (non-hydrogen) atoms. The van der Waals surface area contributed by atoms with Crippen LogP contribution >= 0.6 is 11.6 Å². The van der Waals surface area contributed by atoms with Crippen LogP contribution in [0.5, 0.6) is 0 Å². The number of rotatable bonds is 5. The highest BCUT2D eigenvalue weighted by Crippen LogP contribution is 2.35. The summed E-state index contributed by atoms with van der Waals surface area (Å²) >= 11 is 5.97. The van der Waals surface area contributed by atoms with E-state index in [1.54, 1.807) is 9.80 Å². The first-order chi connectivity index (χ1) is 15.8. The van der Waals surface area contributed by atoms with Gasteiger partial charge in [-0.25, -0.2) is 9.97 Å². The van der Waals surface area contributed by atoms with Crippen molar-refractivity contribution in [2.75, 3.05) is 62.6 Å². The normalized spacial score (nSPS) is 17.0. The summed E-state index contributed by atoms with van der Waals surface area (Å²) in [5, 5.41) is 12.4. The van der Waals surface area contributed by atoms with Crippen LogP contribution in [0.15, 0.2) is 24.4 Å². The van der Waals surface area contributed by atoms with Gasteiger partial charge in [-0.05, 0) is 23.8 Å². The number of halogens is 4. The van der Waals surface area contributed by atoms with Crippen molar-refractivity contribution in [2.45, 2.75) is 12.7 Å². The lowest BCUT2D eigenvalue weighted by Gasteiger charge is -2.34. The standard InChI is InChI=1S/C21H24ClF3N6O2/c22-15-1-2-16(21(23,24)25)14(11-15)13-31-4-3-26-18-19(31)28-17(12-27-18)20(33)30-7-5-29(6-8-30)9-10-32/h1-2,11-12,32H,3-10,13H2,(H,26,27). The third-order valence-electron chi connectivity index (χ3n) is 5.76. The number of alkyl halides is 3. The van der Waals surface area contributed by atoms with Gasteiger partial charge in [0.2, 0.25) is 0 Å². The molecular formula is C21H24ClF3N6O2. The first-order valence-electron chi connectivity index (χ1n) is 10.6. The molecule has 0 unspecified atom stereocenters. The Kier molecular flexibility index (Phi) is 6.91. The molecule has 0 bridgehead atoms. The molecule has 1 fully saturated rings. The smallest absolute Gasteiger partial charge is 0.395 e. The van der Waals surface area contributed by atoms with Gasteiger partial charge in [0.25, 0.3) is 5.91 Å². The number of anilines is 2. The number of nitrogens with one attached hydrogen (secondary N) is 1. The van der Waals surface area contributed by atoms with Crippen LogP contribution in [0, 0.1) is 0 Å². The van der Waals surface area contributed by atoms with Crippen molar-refractivity contribution in [1.29, 1.82) is 0 Å². The van der Waals surface area contributed by atoms with Crippen LogP contribution in [0.4, 0.5) is 24.8 Å². The number of hydrogen-bond acceptors (Lipinski definition) is 7. The third kappa shape index (κ3) is 5.31. The minimum Gasteiger partial charge on any atom is -0.395 e. The number of benzene rings is 1. The molecule has 0 atom stereocenters. The summed E-state index contributed by atoms with van der Waals surface area (Å²) in [5.41, 5.74) is -0.588. The molecule has 12 heteroatoms. The second-order valence-electron chi connectivity index (χ2n) is 7.93. The Balaban J connectivity index is 1.56. The molecule has 8 nitrogen and oxygen atoms in total. The number of fused-ring (bicyclic) bond motifs is 1. The summed E-state index contributed by atoms with van der Waals surface area (Å²) in [6, 6.07) is 3.50. The summed E-state index contributed by atoms with van der Waals surface area (Å²) < 4.78 is 40.5. The van der Waals surface area contributed by atoms with E-state index in [1.807, 2.05) is 0 Å². The first-order valence-corrected chi connectivity index (χ1v) is 11.0. The Bertz CT molecular complexity index is 1010. The fourth-order valence-electron chi connectivity index (χ4n) is 4.05. The van der Waals surface area contributed by atoms with E-state index in [-0.39, 0.29) is 35.3 Å². The number of aliphatic hydroxyl groups excluding tert-OH is 1. The molecule has 1 amide bonds. The second kappa shape index (κ2) is 9.70. The maximum atomic E-state index is 13.5. The van der Waals surface area contributed by atoms with Crippen LogP contribution in [0.3, 0.4) is 0 Å². The minimum absolute atomic E-state index is 0.0291. The van der Waals surface area contributed by atoms with Gasteiger partial charge < -0.3 is 20.2 Å². The lowest BCUT2D eigenvalue weighted by Crippen LogP contribution is -2.49.